The summed E-state index contributed by atoms with van der Waals surface area (Å²) in [5.74, 6) is -0.636. The number of hydrogen-bond acceptors (Lipinski definition) is 5. The number of ether oxygens (including phenoxy) is 1. The molecule has 144 valence electrons. The minimum absolute atomic E-state index is 0.169. The summed E-state index contributed by atoms with van der Waals surface area (Å²) >= 11 is 1.45. The van der Waals surface area contributed by atoms with Crippen LogP contribution in [0.3, 0.4) is 0 Å². The lowest BCUT2D eigenvalue weighted by Crippen LogP contribution is -2.55. The number of methoxy groups -OCH3 is 1. The van der Waals surface area contributed by atoms with Crippen molar-refractivity contribution < 1.29 is 14.3 Å². The van der Waals surface area contributed by atoms with Gasteiger partial charge in [-0.1, -0.05) is 18.2 Å². The monoisotopic (exact) mass is 386 g/mol. The fraction of sp³-hybridized carbons (Fsp3) is 0.429. The van der Waals surface area contributed by atoms with E-state index in [4.69, 9.17) is 4.74 Å². The normalized spacial score (nSPS) is 17.1. The number of benzene rings is 1. The van der Waals surface area contributed by atoms with Crippen molar-refractivity contribution in [1.29, 1.82) is 0 Å². The molecular weight excluding hydrogens is 360 g/mol. The Kier molecular flexibility index (Phi) is 4.91. The van der Waals surface area contributed by atoms with Gasteiger partial charge in [0.05, 0.1) is 12.7 Å². The smallest absolute Gasteiger partial charge is 0.341 e. The van der Waals surface area contributed by atoms with Crippen LogP contribution in [0.25, 0.3) is 0 Å². The van der Waals surface area contributed by atoms with Gasteiger partial charge < -0.3 is 15.4 Å². The van der Waals surface area contributed by atoms with Crippen LogP contribution in [0.4, 0.5) is 5.00 Å². The largest absolute Gasteiger partial charge is 0.465 e. The fourth-order valence-corrected chi connectivity index (χ4v) is 5.19. The number of carbonyl (C=O) groups excluding carboxylic acids is 2. The van der Waals surface area contributed by atoms with E-state index in [0.717, 1.165) is 16.0 Å². The van der Waals surface area contributed by atoms with Crippen LogP contribution < -0.4 is 10.6 Å². The van der Waals surface area contributed by atoms with Crippen LogP contribution in [0.5, 0.6) is 0 Å². The highest BCUT2D eigenvalue weighted by Gasteiger charge is 2.42. The van der Waals surface area contributed by atoms with E-state index in [-0.39, 0.29) is 17.0 Å². The maximum absolute atomic E-state index is 12.8. The second kappa shape index (κ2) is 6.77. The number of fused-ring (bicyclic) bond motifs is 1. The van der Waals surface area contributed by atoms with Gasteiger partial charge in [0.1, 0.15) is 5.00 Å². The SMILES string of the molecule is COC(=O)c1c(NC(=O)c2ccccc2C)sc2c1CC(C)(C)NC2(C)C. The number of carbonyl (C=O) groups is 2. The van der Waals surface area contributed by atoms with Crippen molar-refractivity contribution in [3.8, 4) is 0 Å². The Morgan fingerprint density at radius 1 is 1.19 bits per heavy atom. The Hall–Kier alpha value is -2.18. The molecule has 2 aromatic rings. The van der Waals surface area contributed by atoms with E-state index in [1.165, 1.54) is 18.4 Å². The lowest BCUT2D eigenvalue weighted by Gasteiger charge is -2.42. The predicted molar refractivity (Wildman–Crippen MR) is 109 cm³/mol. The zero-order chi connectivity index (χ0) is 20.0. The molecule has 0 unspecified atom stereocenters. The number of esters is 1. The Balaban J connectivity index is 2.09. The first-order valence-corrected chi connectivity index (χ1v) is 9.78. The van der Waals surface area contributed by atoms with E-state index in [2.05, 4.69) is 38.3 Å². The molecule has 1 aliphatic heterocycles. The quantitative estimate of drug-likeness (QED) is 0.774. The van der Waals surface area contributed by atoms with Crippen molar-refractivity contribution in [2.24, 2.45) is 0 Å². The average molecular weight is 387 g/mol. The van der Waals surface area contributed by atoms with Crippen LogP contribution >= 0.6 is 11.3 Å². The first-order valence-electron chi connectivity index (χ1n) is 8.96. The molecule has 1 aromatic heterocycles. The molecule has 2 heterocycles. The summed E-state index contributed by atoms with van der Waals surface area (Å²) in [5, 5.41) is 7.13. The van der Waals surface area contributed by atoms with Crippen LogP contribution in [0.2, 0.25) is 0 Å². The summed E-state index contributed by atoms with van der Waals surface area (Å²) in [6, 6.07) is 7.40. The van der Waals surface area contributed by atoms with Crippen molar-refractivity contribution in [3.63, 3.8) is 0 Å². The van der Waals surface area contributed by atoms with Gasteiger partial charge in [-0.15, -0.1) is 11.3 Å². The third-order valence-corrected chi connectivity index (χ3v) is 6.32. The van der Waals surface area contributed by atoms with Crippen LogP contribution in [0, 0.1) is 6.92 Å². The van der Waals surface area contributed by atoms with Gasteiger partial charge in [-0.2, -0.15) is 0 Å². The van der Waals surface area contributed by atoms with Gasteiger partial charge in [-0.05, 0) is 58.2 Å². The molecule has 0 atom stereocenters. The fourth-order valence-electron chi connectivity index (χ4n) is 3.93. The number of aryl methyl sites for hydroxylation is 1. The summed E-state index contributed by atoms with van der Waals surface area (Å²) in [6.07, 6.45) is 0.687. The molecule has 1 aliphatic rings. The van der Waals surface area contributed by atoms with E-state index in [9.17, 15) is 9.59 Å². The number of nitrogens with one attached hydrogen (secondary N) is 2. The summed E-state index contributed by atoms with van der Waals surface area (Å²) in [6.45, 7) is 10.3. The number of anilines is 1. The average Bonchev–Trinajstić information content (AvgIpc) is 2.91. The standard InChI is InChI=1S/C21H26N2O3S/c1-12-9-7-8-10-13(12)17(24)22-18-15(19(25)26-6)14-11-20(2,3)23-21(4,5)16(14)27-18/h7-10,23H,11H2,1-6H3,(H,22,24). The van der Waals surface area contributed by atoms with Crippen LogP contribution in [0.1, 0.15) is 64.4 Å². The summed E-state index contributed by atoms with van der Waals surface area (Å²) in [5.41, 5.74) is 2.44. The van der Waals surface area contributed by atoms with Crippen molar-refractivity contribution in [3.05, 3.63) is 51.4 Å². The highest BCUT2D eigenvalue weighted by Crippen LogP contribution is 2.45. The lowest BCUT2D eigenvalue weighted by molar-refractivity contribution is 0.0600. The first kappa shape index (κ1) is 19.6. The van der Waals surface area contributed by atoms with E-state index in [1.807, 2.05) is 25.1 Å². The van der Waals surface area contributed by atoms with Crippen LogP contribution in [0.15, 0.2) is 24.3 Å². The zero-order valence-electron chi connectivity index (χ0n) is 16.6. The molecule has 1 aromatic carbocycles. The van der Waals surface area contributed by atoms with E-state index in [0.29, 0.717) is 22.5 Å². The van der Waals surface area contributed by atoms with E-state index >= 15 is 0 Å². The van der Waals surface area contributed by atoms with Gasteiger partial charge in [-0.25, -0.2) is 4.79 Å². The highest BCUT2D eigenvalue weighted by molar-refractivity contribution is 7.17. The molecule has 0 bridgehead atoms. The van der Waals surface area contributed by atoms with Gasteiger partial charge in [-0.3, -0.25) is 4.79 Å². The zero-order valence-corrected chi connectivity index (χ0v) is 17.5. The Bertz CT molecular complexity index is 912. The number of amides is 1. The molecule has 0 spiro atoms. The molecule has 0 aliphatic carbocycles. The van der Waals surface area contributed by atoms with Gasteiger partial charge in [0.15, 0.2) is 0 Å². The van der Waals surface area contributed by atoms with Crippen LogP contribution in [-0.2, 0) is 16.7 Å². The Labute approximate surface area is 164 Å². The molecule has 5 nitrogen and oxygen atoms in total. The predicted octanol–water partition coefficient (Wildman–Crippen LogP) is 4.25. The van der Waals surface area contributed by atoms with Gasteiger partial charge in [0.25, 0.3) is 5.91 Å². The number of hydrogen-bond donors (Lipinski definition) is 2. The molecule has 2 N–H and O–H groups in total. The van der Waals surface area contributed by atoms with Gasteiger partial charge >= 0.3 is 5.97 Å². The van der Waals surface area contributed by atoms with Gasteiger partial charge in [0, 0.05) is 21.5 Å². The molecule has 0 saturated heterocycles. The summed E-state index contributed by atoms with van der Waals surface area (Å²) in [4.78, 5) is 26.5. The topological polar surface area (TPSA) is 67.4 Å². The molecule has 27 heavy (non-hydrogen) atoms. The summed E-state index contributed by atoms with van der Waals surface area (Å²) in [7, 11) is 1.37. The van der Waals surface area contributed by atoms with Gasteiger partial charge in [0.2, 0.25) is 0 Å². The second-order valence-corrected chi connectivity index (χ2v) is 9.21. The minimum atomic E-state index is -0.416. The third-order valence-electron chi connectivity index (χ3n) is 4.85. The van der Waals surface area contributed by atoms with Crippen molar-refractivity contribution >= 4 is 28.2 Å². The number of rotatable bonds is 3. The van der Waals surface area contributed by atoms with Crippen molar-refractivity contribution in [2.45, 2.75) is 52.1 Å². The third kappa shape index (κ3) is 3.64. The van der Waals surface area contributed by atoms with Crippen molar-refractivity contribution in [1.82, 2.24) is 5.32 Å². The maximum Gasteiger partial charge on any atom is 0.341 e. The first-order chi connectivity index (χ1) is 12.6. The molecular formula is C21H26N2O3S. The lowest BCUT2D eigenvalue weighted by atomic mass is 9.81. The molecule has 3 rings (SSSR count). The van der Waals surface area contributed by atoms with Crippen LogP contribution in [-0.4, -0.2) is 24.5 Å². The summed E-state index contributed by atoms with van der Waals surface area (Å²) < 4.78 is 5.04. The van der Waals surface area contributed by atoms with E-state index in [1.54, 1.807) is 6.07 Å². The Morgan fingerprint density at radius 2 is 1.85 bits per heavy atom. The molecule has 0 saturated carbocycles. The Morgan fingerprint density at radius 3 is 2.48 bits per heavy atom. The molecule has 0 fully saturated rings. The minimum Gasteiger partial charge on any atom is -0.465 e. The highest BCUT2D eigenvalue weighted by atomic mass is 32.1. The molecule has 6 heteroatoms. The second-order valence-electron chi connectivity index (χ2n) is 8.19. The maximum atomic E-state index is 12.8. The number of thiophene rings is 1. The van der Waals surface area contributed by atoms with Crippen molar-refractivity contribution in [2.75, 3.05) is 12.4 Å². The van der Waals surface area contributed by atoms with E-state index < -0.39 is 5.97 Å². The molecule has 1 amide bonds. The molecule has 0 radical (unpaired) electrons.